The molecule has 0 aromatic heterocycles. The summed E-state index contributed by atoms with van der Waals surface area (Å²) >= 11 is 12.9. The van der Waals surface area contributed by atoms with Crippen LogP contribution in [-0.2, 0) is 0 Å². The number of nitrogens with zero attached hydrogens (tertiary/aromatic N) is 1. The molecule has 9 heteroatoms. The van der Waals surface area contributed by atoms with Gasteiger partial charge in [0.25, 0.3) is 11.6 Å². The van der Waals surface area contributed by atoms with Crippen LogP contribution in [-0.4, -0.2) is 15.9 Å². The van der Waals surface area contributed by atoms with Gasteiger partial charge in [-0.05, 0) is 71.2 Å². The van der Waals surface area contributed by atoms with Crippen LogP contribution in [0.15, 0.2) is 42.5 Å². The molecule has 1 amide bonds. The highest BCUT2D eigenvalue weighted by Gasteiger charge is 2.14. The number of hydrogen-bond acceptors (Lipinski definition) is 4. The van der Waals surface area contributed by atoms with Gasteiger partial charge in [-0.15, -0.1) is 0 Å². The lowest BCUT2D eigenvalue weighted by molar-refractivity contribution is -0.384. The molecule has 2 aromatic carbocycles. The zero-order chi connectivity index (χ0) is 17.0. The molecular weight excluding hydrogens is 453 g/mol. The molecule has 0 aliphatic carbocycles. The Morgan fingerprint density at radius 1 is 1.22 bits per heavy atom. The standard InChI is InChI=1S/C14H9ClIN3O3S/c15-11-6-5-10(7-12(11)19(21)22)17-14(23)18-13(20)8-1-3-9(16)4-2-8/h1-7H,(H2,17,18,20,23). The van der Waals surface area contributed by atoms with E-state index in [2.05, 4.69) is 33.2 Å². The van der Waals surface area contributed by atoms with Crippen molar-refractivity contribution in [1.29, 1.82) is 0 Å². The van der Waals surface area contributed by atoms with Crippen molar-refractivity contribution in [3.63, 3.8) is 0 Å². The van der Waals surface area contributed by atoms with Gasteiger partial charge < -0.3 is 5.32 Å². The molecule has 118 valence electrons. The molecule has 2 rings (SSSR count). The average molecular weight is 462 g/mol. The fourth-order valence-corrected chi connectivity index (χ4v) is 2.43. The summed E-state index contributed by atoms with van der Waals surface area (Å²) in [7, 11) is 0. The molecule has 0 radical (unpaired) electrons. The third-order valence-corrected chi connectivity index (χ3v) is 3.98. The maximum absolute atomic E-state index is 12.0. The number of nitrogens with one attached hydrogen (secondary N) is 2. The summed E-state index contributed by atoms with van der Waals surface area (Å²) in [5.74, 6) is -0.373. The zero-order valence-electron chi connectivity index (χ0n) is 11.4. The van der Waals surface area contributed by atoms with Crippen LogP contribution in [0.1, 0.15) is 10.4 Å². The molecular formula is C14H9ClIN3O3S. The Balaban J connectivity index is 2.05. The summed E-state index contributed by atoms with van der Waals surface area (Å²) in [5.41, 5.74) is 0.564. The first kappa shape index (κ1) is 17.6. The fraction of sp³-hybridized carbons (Fsp3) is 0. The van der Waals surface area contributed by atoms with Crippen LogP contribution in [0.2, 0.25) is 5.02 Å². The molecule has 0 saturated heterocycles. The van der Waals surface area contributed by atoms with E-state index in [4.69, 9.17) is 23.8 Å². The van der Waals surface area contributed by atoms with Crippen molar-refractivity contribution >= 4 is 68.8 Å². The first-order valence-corrected chi connectivity index (χ1v) is 8.05. The van der Waals surface area contributed by atoms with Gasteiger partial charge in [0.1, 0.15) is 5.02 Å². The van der Waals surface area contributed by atoms with Gasteiger partial charge in [0.2, 0.25) is 0 Å². The van der Waals surface area contributed by atoms with Gasteiger partial charge in [-0.25, -0.2) is 0 Å². The van der Waals surface area contributed by atoms with E-state index < -0.39 is 4.92 Å². The molecule has 0 heterocycles. The van der Waals surface area contributed by atoms with E-state index >= 15 is 0 Å². The number of carbonyl (C=O) groups is 1. The summed E-state index contributed by atoms with van der Waals surface area (Å²) in [6.45, 7) is 0. The van der Waals surface area contributed by atoms with Crippen LogP contribution in [0.25, 0.3) is 0 Å². The predicted octanol–water partition coefficient (Wildman–Crippen LogP) is 3.98. The van der Waals surface area contributed by atoms with Crippen molar-refractivity contribution in [3.05, 3.63) is 66.7 Å². The lowest BCUT2D eigenvalue weighted by Crippen LogP contribution is -2.34. The Morgan fingerprint density at radius 2 is 1.87 bits per heavy atom. The molecule has 2 aromatic rings. The van der Waals surface area contributed by atoms with Gasteiger partial charge >= 0.3 is 0 Å². The monoisotopic (exact) mass is 461 g/mol. The van der Waals surface area contributed by atoms with E-state index in [0.717, 1.165) is 3.57 Å². The van der Waals surface area contributed by atoms with E-state index in [1.807, 2.05) is 0 Å². The largest absolute Gasteiger partial charge is 0.332 e. The maximum atomic E-state index is 12.0. The van der Waals surface area contributed by atoms with E-state index in [-0.39, 0.29) is 21.7 Å². The second kappa shape index (κ2) is 7.66. The molecule has 0 fully saturated rings. The number of nitro groups is 1. The number of halogens is 2. The van der Waals surface area contributed by atoms with Crippen LogP contribution in [0, 0.1) is 13.7 Å². The lowest BCUT2D eigenvalue weighted by atomic mass is 10.2. The van der Waals surface area contributed by atoms with Crippen LogP contribution in [0.5, 0.6) is 0 Å². The van der Waals surface area contributed by atoms with Gasteiger partial charge in [0, 0.05) is 20.9 Å². The Kier molecular flexibility index (Phi) is 5.85. The summed E-state index contributed by atoms with van der Waals surface area (Å²) in [5, 5.41) is 16.1. The second-order valence-electron chi connectivity index (χ2n) is 4.34. The first-order chi connectivity index (χ1) is 10.9. The molecule has 0 aliphatic rings. The number of rotatable bonds is 3. The molecule has 0 spiro atoms. The van der Waals surface area contributed by atoms with Crippen molar-refractivity contribution in [2.24, 2.45) is 0 Å². The third-order valence-electron chi connectivity index (χ3n) is 2.73. The highest BCUT2D eigenvalue weighted by atomic mass is 127. The van der Waals surface area contributed by atoms with Gasteiger partial charge in [-0.1, -0.05) is 11.6 Å². The van der Waals surface area contributed by atoms with Crippen LogP contribution >= 0.6 is 46.4 Å². The highest BCUT2D eigenvalue weighted by Crippen LogP contribution is 2.27. The van der Waals surface area contributed by atoms with Crippen molar-refractivity contribution in [3.8, 4) is 0 Å². The summed E-state index contributed by atoms with van der Waals surface area (Å²) in [4.78, 5) is 22.3. The van der Waals surface area contributed by atoms with E-state index in [9.17, 15) is 14.9 Å². The Morgan fingerprint density at radius 3 is 2.48 bits per heavy atom. The van der Waals surface area contributed by atoms with Crippen LogP contribution in [0.4, 0.5) is 11.4 Å². The molecule has 2 N–H and O–H groups in total. The average Bonchev–Trinajstić information content (AvgIpc) is 2.49. The first-order valence-electron chi connectivity index (χ1n) is 6.18. The highest BCUT2D eigenvalue weighted by molar-refractivity contribution is 14.1. The molecule has 0 bridgehead atoms. The Labute approximate surface area is 155 Å². The Hall–Kier alpha value is -1.78. The number of anilines is 1. The zero-order valence-corrected chi connectivity index (χ0v) is 15.1. The topological polar surface area (TPSA) is 84.3 Å². The van der Waals surface area contributed by atoms with Crippen molar-refractivity contribution in [1.82, 2.24) is 5.32 Å². The van der Waals surface area contributed by atoms with Crippen LogP contribution in [0.3, 0.4) is 0 Å². The second-order valence-corrected chi connectivity index (χ2v) is 6.40. The number of amides is 1. The fourth-order valence-electron chi connectivity index (χ4n) is 1.67. The quantitative estimate of drug-likeness (QED) is 0.313. The minimum atomic E-state index is -0.596. The molecule has 0 atom stereocenters. The molecule has 0 unspecified atom stereocenters. The summed E-state index contributed by atoms with van der Waals surface area (Å²) in [6, 6.07) is 11.1. The van der Waals surface area contributed by atoms with Gasteiger partial charge in [-0.2, -0.15) is 0 Å². The maximum Gasteiger partial charge on any atom is 0.289 e. The summed E-state index contributed by atoms with van der Waals surface area (Å²) < 4.78 is 1.01. The number of thiocarbonyl (C=S) groups is 1. The normalized spacial score (nSPS) is 10.0. The van der Waals surface area contributed by atoms with Gasteiger partial charge in [0.15, 0.2) is 5.11 Å². The van der Waals surface area contributed by atoms with Gasteiger partial charge in [0.05, 0.1) is 4.92 Å². The molecule has 23 heavy (non-hydrogen) atoms. The summed E-state index contributed by atoms with van der Waals surface area (Å²) in [6.07, 6.45) is 0. The minimum Gasteiger partial charge on any atom is -0.332 e. The number of benzene rings is 2. The number of nitro benzene ring substituents is 1. The number of carbonyl (C=O) groups excluding carboxylic acids is 1. The molecule has 0 saturated carbocycles. The smallest absolute Gasteiger partial charge is 0.289 e. The van der Waals surface area contributed by atoms with E-state index in [1.54, 1.807) is 24.3 Å². The van der Waals surface area contributed by atoms with E-state index in [1.165, 1.54) is 18.2 Å². The lowest BCUT2D eigenvalue weighted by Gasteiger charge is -2.10. The predicted molar refractivity (Wildman–Crippen MR) is 101 cm³/mol. The van der Waals surface area contributed by atoms with Crippen molar-refractivity contribution in [2.45, 2.75) is 0 Å². The third kappa shape index (κ3) is 4.85. The van der Waals surface area contributed by atoms with E-state index in [0.29, 0.717) is 11.3 Å². The number of hydrogen-bond donors (Lipinski definition) is 2. The van der Waals surface area contributed by atoms with Crippen LogP contribution < -0.4 is 10.6 Å². The molecule has 0 aliphatic heterocycles. The SMILES string of the molecule is O=C(NC(=S)Nc1ccc(Cl)c([N+](=O)[O-])c1)c1ccc(I)cc1. The van der Waals surface area contributed by atoms with Crippen molar-refractivity contribution in [2.75, 3.05) is 5.32 Å². The molecule has 6 nitrogen and oxygen atoms in total. The van der Waals surface area contributed by atoms with Gasteiger partial charge in [-0.3, -0.25) is 20.2 Å². The van der Waals surface area contributed by atoms with Crippen molar-refractivity contribution < 1.29 is 9.72 Å². The Bertz CT molecular complexity index is 783. The minimum absolute atomic E-state index is 0.0226.